The van der Waals surface area contributed by atoms with Crippen LogP contribution in [0.4, 0.5) is 23.4 Å². The molecule has 1 aliphatic carbocycles. The van der Waals surface area contributed by atoms with Crippen LogP contribution in [-0.4, -0.2) is 41.4 Å². The average Bonchev–Trinajstić information content (AvgIpc) is 3.56. The van der Waals surface area contributed by atoms with Crippen molar-refractivity contribution in [2.75, 3.05) is 18.5 Å². The van der Waals surface area contributed by atoms with Crippen molar-refractivity contribution in [3.8, 4) is 5.75 Å². The molecule has 0 saturated heterocycles. The molecule has 0 aromatic carbocycles. The molecule has 3 rings (SSSR count). The molecule has 1 fully saturated rings. The zero-order valence-electron chi connectivity index (χ0n) is 16.2. The number of aromatic nitrogens is 2. The first-order valence-electron chi connectivity index (χ1n) is 9.50. The predicted octanol–water partition coefficient (Wildman–Crippen LogP) is 4.07. The molecule has 1 aliphatic rings. The number of hydrogen-bond donors (Lipinski definition) is 2. The van der Waals surface area contributed by atoms with Crippen molar-refractivity contribution < 1.29 is 27.1 Å². The highest BCUT2D eigenvalue weighted by atomic mass is 19.3. The number of amides is 1. The Bertz CT molecular complexity index is 860. The lowest BCUT2D eigenvalue weighted by Gasteiger charge is -2.16. The summed E-state index contributed by atoms with van der Waals surface area (Å²) in [6, 6.07) is 5.82. The zero-order chi connectivity index (χ0) is 21.7. The van der Waals surface area contributed by atoms with Crippen molar-refractivity contribution in [3.05, 3.63) is 47.9 Å². The Morgan fingerprint density at radius 3 is 2.67 bits per heavy atom. The summed E-state index contributed by atoms with van der Waals surface area (Å²) in [6.45, 7) is 1.20. The summed E-state index contributed by atoms with van der Waals surface area (Å²) in [4.78, 5) is 20.5. The maximum Gasteiger partial charge on any atom is 0.340 e. The lowest BCUT2D eigenvalue weighted by atomic mass is 10.1. The molecular weight excluding hydrogens is 404 g/mol. The molecule has 0 radical (unpaired) electrons. The highest BCUT2D eigenvalue weighted by Gasteiger charge is 2.41. The van der Waals surface area contributed by atoms with Crippen molar-refractivity contribution in [3.63, 3.8) is 0 Å². The van der Waals surface area contributed by atoms with Gasteiger partial charge < -0.3 is 15.4 Å². The molecule has 0 bridgehead atoms. The monoisotopic (exact) mass is 426 g/mol. The van der Waals surface area contributed by atoms with Crippen molar-refractivity contribution in [1.82, 2.24) is 15.3 Å². The third kappa shape index (κ3) is 6.04. The van der Waals surface area contributed by atoms with E-state index in [0.717, 1.165) is 24.1 Å². The Balaban J connectivity index is 1.54. The van der Waals surface area contributed by atoms with Gasteiger partial charge in [0, 0.05) is 12.7 Å². The van der Waals surface area contributed by atoms with E-state index in [9.17, 15) is 22.4 Å². The minimum absolute atomic E-state index is 0.0379. The standard InChI is InChI=1S/C20H22F4N4O2/c1-12(14-6-7-25-17(8-14)27-9-13-2-3-13)28-18(29)16-5-4-15(10-26-16)30-11-20(23,24)19(21)22/h4-8,10,12-13,19H,2-3,9,11H2,1H3,(H,25,27)(H,28,29). The maximum absolute atomic E-state index is 12.9. The molecule has 0 spiro atoms. The Hall–Kier alpha value is -2.91. The van der Waals surface area contributed by atoms with Crippen LogP contribution in [0, 0.1) is 5.92 Å². The van der Waals surface area contributed by atoms with Gasteiger partial charge in [-0.25, -0.2) is 18.7 Å². The van der Waals surface area contributed by atoms with Gasteiger partial charge >= 0.3 is 12.3 Å². The van der Waals surface area contributed by atoms with Gasteiger partial charge in [0.15, 0.2) is 6.61 Å². The van der Waals surface area contributed by atoms with Crippen LogP contribution in [0.5, 0.6) is 5.75 Å². The van der Waals surface area contributed by atoms with Crippen LogP contribution < -0.4 is 15.4 Å². The van der Waals surface area contributed by atoms with E-state index in [1.54, 1.807) is 12.3 Å². The van der Waals surface area contributed by atoms with E-state index in [1.807, 2.05) is 13.0 Å². The van der Waals surface area contributed by atoms with Gasteiger partial charge in [-0.05, 0) is 55.5 Å². The molecule has 0 aliphatic heterocycles. The fourth-order valence-electron chi connectivity index (χ4n) is 2.58. The predicted molar refractivity (Wildman–Crippen MR) is 102 cm³/mol. The largest absolute Gasteiger partial charge is 0.485 e. The molecular formula is C20H22F4N4O2. The summed E-state index contributed by atoms with van der Waals surface area (Å²) in [5.74, 6) is -3.44. The molecule has 2 aromatic heterocycles. The number of ether oxygens (including phenoxy) is 1. The molecule has 162 valence electrons. The number of rotatable bonds is 10. The fourth-order valence-corrected chi connectivity index (χ4v) is 2.58. The van der Waals surface area contributed by atoms with Crippen LogP contribution in [0.3, 0.4) is 0 Å². The lowest BCUT2D eigenvalue weighted by Crippen LogP contribution is -2.33. The Morgan fingerprint density at radius 1 is 1.27 bits per heavy atom. The van der Waals surface area contributed by atoms with Crippen LogP contribution >= 0.6 is 0 Å². The van der Waals surface area contributed by atoms with Gasteiger partial charge in [0.2, 0.25) is 0 Å². The Morgan fingerprint density at radius 2 is 2.03 bits per heavy atom. The molecule has 1 saturated carbocycles. The fraction of sp³-hybridized carbons (Fsp3) is 0.450. The SMILES string of the molecule is CC(NC(=O)c1ccc(OCC(F)(F)C(F)F)cn1)c1ccnc(NCC2CC2)c1. The minimum Gasteiger partial charge on any atom is -0.485 e. The van der Waals surface area contributed by atoms with Gasteiger partial charge in [-0.2, -0.15) is 8.78 Å². The molecule has 30 heavy (non-hydrogen) atoms. The van der Waals surface area contributed by atoms with Crippen molar-refractivity contribution in [2.45, 2.75) is 38.2 Å². The highest BCUT2D eigenvalue weighted by Crippen LogP contribution is 2.29. The first-order valence-corrected chi connectivity index (χ1v) is 9.50. The maximum atomic E-state index is 12.9. The van der Waals surface area contributed by atoms with Gasteiger partial charge in [-0.3, -0.25) is 4.79 Å². The Kier molecular flexibility index (Phi) is 6.73. The molecule has 2 N–H and O–H groups in total. The summed E-state index contributed by atoms with van der Waals surface area (Å²) in [5, 5.41) is 6.06. The van der Waals surface area contributed by atoms with E-state index in [-0.39, 0.29) is 17.5 Å². The van der Waals surface area contributed by atoms with Gasteiger partial charge in [0.25, 0.3) is 5.91 Å². The molecule has 1 amide bonds. The van der Waals surface area contributed by atoms with Gasteiger partial charge in [0.1, 0.15) is 17.3 Å². The number of nitrogens with zero attached hydrogens (tertiary/aromatic N) is 2. The van der Waals surface area contributed by atoms with E-state index >= 15 is 0 Å². The van der Waals surface area contributed by atoms with E-state index in [4.69, 9.17) is 0 Å². The number of nitrogens with one attached hydrogen (secondary N) is 2. The normalized spacial score (nSPS) is 15.0. The van der Waals surface area contributed by atoms with Gasteiger partial charge in [0.05, 0.1) is 12.2 Å². The van der Waals surface area contributed by atoms with E-state index in [0.29, 0.717) is 5.92 Å². The molecule has 1 unspecified atom stereocenters. The zero-order valence-corrected chi connectivity index (χ0v) is 16.2. The first-order chi connectivity index (χ1) is 14.2. The summed E-state index contributed by atoms with van der Waals surface area (Å²) in [7, 11) is 0. The molecule has 6 nitrogen and oxygen atoms in total. The summed E-state index contributed by atoms with van der Waals surface area (Å²) in [6.07, 6.45) is 1.32. The van der Waals surface area contributed by atoms with Crippen LogP contribution in [0.25, 0.3) is 0 Å². The second-order valence-corrected chi connectivity index (χ2v) is 7.22. The van der Waals surface area contributed by atoms with E-state index in [2.05, 4.69) is 25.3 Å². The quantitative estimate of drug-likeness (QED) is 0.560. The Labute approximate surface area is 171 Å². The van der Waals surface area contributed by atoms with Crippen LogP contribution in [0.15, 0.2) is 36.7 Å². The van der Waals surface area contributed by atoms with E-state index < -0.39 is 24.9 Å². The topological polar surface area (TPSA) is 76.1 Å². The highest BCUT2D eigenvalue weighted by molar-refractivity contribution is 5.92. The summed E-state index contributed by atoms with van der Waals surface area (Å²) < 4.78 is 54.7. The third-order valence-electron chi connectivity index (χ3n) is 4.62. The van der Waals surface area contributed by atoms with Crippen LogP contribution in [0.2, 0.25) is 0 Å². The number of pyridine rings is 2. The van der Waals surface area contributed by atoms with Crippen molar-refractivity contribution >= 4 is 11.7 Å². The molecule has 2 heterocycles. The second kappa shape index (κ2) is 9.27. The van der Waals surface area contributed by atoms with Crippen LogP contribution in [-0.2, 0) is 0 Å². The second-order valence-electron chi connectivity index (χ2n) is 7.22. The van der Waals surface area contributed by atoms with Gasteiger partial charge in [-0.15, -0.1) is 0 Å². The number of carbonyl (C=O) groups is 1. The minimum atomic E-state index is -4.26. The van der Waals surface area contributed by atoms with Gasteiger partial charge in [-0.1, -0.05) is 0 Å². The van der Waals surface area contributed by atoms with Crippen molar-refractivity contribution in [1.29, 1.82) is 0 Å². The summed E-state index contributed by atoms with van der Waals surface area (Å²) >= 11 is 0. The number of anilines is 1. The molecule has 1 atom stereocenters. The summed E-state index contributed by atoms with van der Waals surface area (Å²) in [5.41, 5.74) is 0.891. The van der Waals surface area contributed by atoms with Crippen LogP contribution in [0.1, 0.15) is 41.9 Å². The van der Waals surface area contributed by atoms with Crippen molar-refractivity contribution in [2.24, 2.45) is 5.92 Å². The average molecular weight is 426 g/mol. The molecule has 2 aromatic rings. The number of hydrogen-bond acceptors (Lipinski definition) is 5. The van der Waals surface area contributed by atoms with E-state index in [1.165, 1.54) is 25.0 Å². The first kappa shape index (κ1) is 21.8. The number of carbonyl (C=O) groups excluding carboxylic acids is 1. The number of alkyl halides is 4. The lowest BCUT2D eigenvalue weighted by molar-refractivity contribution is -0.148. The third-order valence-corrected chi connectivity index (χ3v) is 4.62. The smallest absolute Gasteiger partial charge is 0.340 e. The number of halogens is 4. The molecule has 10 heteroatoms.